The zero-order valence-electron chi connectivity index (χ0n) is 24.2. The van der Waals surface area contributed by atoms with E-state index in [2.05, 4.69) is 64.6 Å². The topological polar surface area (TPSA) is 95.5 Å². The van der Waals surface area contributed by atoms with Crippen molar-refractivity contribution in [1.82, 2.24) is 24.5 Å². The molecular weight excluding hydrogens is 510 g/mol. The van der Waals surface area contributed by atoms with Crippen molar-refractivity contribution in [2.45, 2.75) is 90.6 Å². The lowest BCUT2D eigenvalue weighted by Gasteiger charge is -2.41. The molecule has 2 fully saturated rings. The van der Waals surface area contributed by atoms with Crippen molar-refractivity contribution in [3.05, 3.63) is 58.7 Å². The van der Waals surface area contributed by atoms with Crippen molar-refractivity contribution >= 4 is 15.9 Å². The Hall–Kier alpha value is -2.36. The van der Waals surface area contributed by atoms with Gasteiger partial charge in [-0.25, -0.2) is 23.1 Å². The minimum atomic E-state index is -3.16. The molecular formula is C30H45N5O3S. The SMILES string of the molecule is CCS(=O)(=O)NC1CCN(C2CCN(C(=O)c3ncnc(CCc4ccc(C(C)(C)C)cc4)c3C)CC2)CC1. The lowest BCUT2D eigenvalue weighted by atomic mass is 9.86. The van der Waals surface area contributed by atoms with Gasteiger partial charge in [-0.15, -0.1) is 0 Å². The standard InChI is InChI=1S/C30H45N5O3S/c1-6-39(37,38)33-25-13-17-34(18-14-25)26-15-19-35(20-16-26)29(36)28-22(2)27(31-21-32-28)12-9-23-7-10-24(11-8-23)30(3,4)5/h7-8,10-11,21,25-26,33H,6,9,12-20H2,1-5H3. The highest BCUT2D eigenvalue weighted by molar-refractivity contribution is 7.89. The quantitative estimate of drug-likeness (QED) is 0.531. The molecule has 1 aromatic carbocycles. The van der Waals surface area contributed by atoms with E-state index in [1.807, 2.05) is 11.8 Å². The zero-order chi connectivity index (χ0) is 28.2. The Bertz CT molecular complexity index is 1220. The Morgan fingerprint density at radius 3 is 2.21 bits per heavy atom. The summed E-state index contributed by atoms with van der Waals surface area (Å²) in [6.07, 6.45) is 6.71. The van der Waals surface area contributed by atoms with E-state index in [0.29, 0.717) is 24.8 Å². The molecule has 39 heavy (non-hydrogen) atoms. The number of piperidine rings is 2. The van der Waals surface area contributed by atoms with Crippen LogP contribution >= 0.6 is 0 Å². The Labute approximate surface area is 234 Å². The van der Waals surface area contributed by atoms with E-state index >= 15 is 0 Å². The van der Waals surface area contributed by atoms with E-state index in [9.17, 15) is 13.2 Å². The maximum absolute atomic E-state index is 13.4. The molecule has 0 aliphatic carbocycles. The average molecular weight is 556 g/mol. The normalized spacial score (nSPS) is 18.4. The van der Waals surface area contributed by atoms with Crippen LogP contribution in [0.15, 0.2) is 30.6 Å². The third-order valence-electron chi connectivity index (χ3n) is 8.39. The average Bonchev–Trinajstić information content (AvgIpc) is 2.92. The van der Waals surface area contributed by atoms with E-state index < -0.39 is 10.0 Å². The molecule has 1 aromatic heterocycles. The number of carbonyl (C=O) groups excluding carboxylic acids is 1. The maximum Gasteiger partial charge on any atom is 0.272 e. The molecule has 0 saturated carbocycles. The number of rotatable bonds is 8. The van der Waals surface area contributed by atoms with Crippen molar-refractivity contribution in [2.75, 3.05) is 31.9 Å². The summed E-state index contributed by atoms with van der Waals surface area (Å²) in [6.45, 7) is 13.5. The van der Waals surface area contributed by atoms with Crippen LogP contribution in [-0.4, -0.2) is 78.1 Å². The van der Waals surface area contributed by atoms with Gasteiger partial charge in [0, 0.05) is 36.4 Å². The molecule has 1 N–H and O–H groups in total. The van der Waals surface area contributed by atoms with Gasteiger partial charge in [0.1, 0.15) is 12.0 Å². The van der Waals surface area contributed by atoms with Gasteiger partial charge in [-0.2, -0.15) is 0 Å². The zero-order valence-corrected chi connectivity index (χ0v) is 25.1. The first-order chi connectivity index (χ1) is 18.5. The predicted molar refractivity (Wildman–Crippen MR) is 155 cm³/mol. The Balaban J connectivity index is 1.29. The van der Waals surface area contributed by atoms with Crippen LogP contribution in [0.5, 0.6) is 0 Å². The van der Waals surface area contributed by atoms with Gasteiger partial charge in [0.2, 0.25) is 10.0 Å². The summed E-state index contributed by atoms with van der Waals surface area (Å²) in [5.41, 5.74) is 5.06. The van der Waals surface area contributed by atoms with Gasteiger partial charge in [0.15, 0.2) is 0 Å². The monoisotopic (exact) mass is 555 g/mol. The molecule has 9 heteroatoms. The first-order valence-electron chi connectivity index (χ1n) is 14.4. The largest absolute Gasteiger partial charge is 0.337 e. The number of hydrogen-bond donors (Lipinski definition) is 1. The van der Waals surface area contributed by atoms with Crippen LogP contribution in [0, 0.1) is 6.92 Å². The highest BCUT2D eigenvalue weighted by Gasteiger charge is 2.31. The number of aromatic nitrogens is 2. The van der Waals surface area contributed by atoms with Crippen molar-refractivity contribution < 1.29 is 13.2 Å². The van der Waals surface area contributed by atoms with Gasteiger partial charge in [-0.05, 0) is 82.0 Å². The fraction of sp³-hybridized carbons (Fsp3) is 0.633. The van der Waals surface area contributed by atoms with Crippen LogP contribution in [0.3, 0.4) is 0 Å². The first kappa shape index (κ1) is 29.6. The Morgan fingerprint density at radius 2 is 1.62 bits per heavy atom. The molecule has 4 rings (SSSR count). The molecule has 3 heterocycles. The van der Waals surface area contributed by atoms with Gasteiger partial charge in [-0.1, -0.05) is 45.0 Å². The molecule has 0 bridgehead atoms. The molecule has 2 aliphatic heterocycles. The number of sulfonamides is 1. The van der Waals surface area contributed by atoms with Crippen LogP contribution in [0.25, 0.3) is 0 Å². The van der Waals surface area contributed by atoms with Crippen LogP contribution < -0.4 is 4.72 Å². The van der Waals surface area contributed by atoms with Gasteiger partial charge in [0.25, 0.3) is 5.91 Å². The number of amides is 1. The fourth-order valence-corrected chi connectivity index (χ4v) is 6.60. The molecule has 214 valence electrons. The smallest absolute Gasteiger partial charge is 0.272 e. The summed E-state index contributed by atoms with van der Waals surface area (Å²) >= 11 is 0. The van der Waals surface area contributed by atoms with Gasteiger partial charge in [-0.3, -0.25) is 4.79 Å². The van der Waals surface area contributed by atoms with E-state index in [1.165, 1.54) is 17.5 Å². The summed E-state index contributed by atoms with van der Waals surface area (Å²) in [5.74, 6) is 0.121. The van der Waals surface area contributed by atoms with Gasteiger partial charge in [0.05, 0.1) is 5.75 Å². The van der Waals surface area contributed by atoms with Gasteiger partial charge >= 0.3 is 0 Å². The highest BCUT2D eigenvalue weighted by Crippen LogP contribution is 2.25. The minimum absolute atomic E-state index is 0.00295. The van der Waals surface area contributed by atoms with E-state index in [0.717, 1.165) is 62.9 Å². The van der Waals surface area contributed by atoms with Crippen molar-refractivity contribution in [2.24, 2.45) is 0 Å². The van der Waals surface area contributed by atoms with Crippen molar-refractivity contribution in [1.29, 1.82) is 0 Å². The molecule has 1 amide bonds. The molecule has 2 aromatic rings. The minimum Gasteiger partial charge on any atom is -0.337 e. The lowest BCUT2D eigenvalue weighted by molar-refractivity contribution is 0.0570. The van der Waals surface area contributed by atoms with Gasteiger partial charge < -0.3 is 9.80 Å². The third-order valence-corrected chi connectivity index (χ3v) is 9.84. The van der Waals surface area contributed by atoms with E-state index in [-0.39, 0.29) is 23.1 Å². The molecule has 8 nitrogen and oxygen atoms in total. The second kappa shape index (κ2) is 12.4. The number of carbonyl (C=O) groups is 1. The van der Waals surface area contributed by atoms with Crippen LogP contribution in [0.2, 0.25) is 0 Å². The predicted octanol–water partition coefficient (Wildman–Crippen LogP) is 3.88. The number of nitrogens with zero attached hydrogens (tertiary/aromatic N) is 4. The number of aryl methyl sites for hydroxylation is 2. The van der Waals surface area contributed by atoms with E-state index in [1.54, 1.807) is 6.92 Å². The number of hydrogen-bond acceptors (Lipinski definition) is 6. The summed E-state index contributed by atoms with van der Waals surface area (Å²) in [6, 6.07) is 9.27. The summed E-state index contributed by atoms with van der Waals surface area (Å²) in [7, 11) is -3.16. The number of benzene rings is 1. The Kier molecular flexibility index (Phi) is 9.45. The molecule has 0 unspecified atom stereocenters. The molecule has 2 saturated heterocycles. The molecule has 0 spiro atoms. The highest BCUT2D eigenvalue weighted by atomic mass is 32.2. The molecule has 2 aliphatic rings. The van der Waals surface area contributed by atoms with Crippen LogP contribution in [-0.2, 0) is 28.3 Å². The van der Waals surface area contributed by atoms with E-state index in [4.69, 9.17) is 0 Å². The van der Waals surface area contributed by atoms with Crippen LogP contribution in [0.1, 0.15) is 86.3 Å². The maximum atomic E-state index is 13.4. The second-order valence-electron chi connectivity index (χ2n) is 12.1. The second-order valence-corrected chi connectivity index (χ2v) is 14.1. The summed E-state index contributed by atoms with van der Waals surface area (Å²) < 4.78 is 26.6. The number of likely N-dealkylation sites (tertiary alicyclic amines) is 2. The number of nitrogens with one attached hydrogen (secondary N) is 1. The van der Waals surface area contributed by atoms with Crippen molar-refractivity contribution in [3.8, 4) is 0 Å². The summed E-state index contributed by atoms with van der Waals surface area (Å²) in [4.78, 5) is 26.7. The van der Waals surface area contributed by atoms with Crippen LogP contribution in [0.4, 0.5) is 0 Å². The molecule has 0 radical (unpaired) electrons. The first-order valence-corrected chi connectivity index (χ1v) is 16.1. The Morgan fingerprint density at radius 1 is 0.974 bits per heavy atom. The lowest BCUT2D eigenvalue weighted by Crippen LogP contribution is -2.52. The molecule has 0 atom stereocenters. The third kappa shape index (κ3) is 7.64. The summed E-state index contributed by atoms with van der Waals surface area (Å²) in [5, 5.41) is 0. The van der Waals surface area contributed by atoms with Crippen molar-refractivity contribution in [3.63, 3.8) is 0 Å². The fourth-order valence-electron chi connectivity index (χ4n) is 5.69.